The number of carbonyl (C=O) groups is 1. The molecule has 1 N–H and O–H groups in total. The van der Waals surface area contributed by atoms with E-state index in [-0.39, 0.29) is 11.9 Å². The first-order chi connectivity index (χ1) is 11.6. The lowest BCUT2D eigenvalue weighted by Gasteiger charge is -2.14. The molecule has 122 valence electrons. The minimum absolute atomic E-state index is 0.0978. The number of nitrogens with one attached hydrogen (secondary N) is 1. The lowest BCUT2D eigenvalue weighted by atomic mass is 10.1. The highest BCUT2D eigenvalue weighted by atomic mass is 16.2. The van der Waals surface area contributed by atoms with Gasteiger partial charge in [0.15, 0.2) is 5.69 Å². The number of rotatable bonds is 4. The minimum atomic E-state index is -0.220. The van der Waals surface area contributed by atoms with E-state index in [1.807, 2.05) is 75.4 Å². The lowest BCUT2D eigenvalue weighted by Crippen LogP contribution is -2.27. The average Bonchev–Trinajstić information content (AvgIpc) is 2.98. The SMILES string of the molecule is Cc1ccc([C@@H](C)NC(=O)c2nnn(-c3ccccc3)c2C)cc1. The summed E-state index contributed by atoms with van der Waals surface area (Å²) < 4.78 is 1.67. The summed E-state index contributed by atoms with van der Waals surface area (Å²) >= 11 is 0. The standard InChI is InChI=1S/C19H20N4O/c1-13-9-11-16(12-10-13)14(2)20-19(24)18-15(3)23(22-21-18)17-7-5-4-6-8-17/h4-12,14H,1-3H3,(H,20,24)/t14-/m1/s1. The molecule has 24 heavy (non-hydrogen) atoms. The van der Waals surface area contributed by atoms with Crippen LogP contribution in [0.1, 0.15) is 40.3 Å². The molecule has 3 rings (SSSR count). The zero-order valence-electron chi connectivity index (χ0n) is 14.0. The Balaban J connectivity index is 1.78. The van der Waals surface area contributed by atoms with Crippen molar-refractivity contribution in [3.05, 3.63) is 77.1 Å². The predicted molar refractivity (Wildman–Crippen MR) is 93.2 cm³/mol. The van der Waals surface area contributed by atoms with E-state index in [0.717, 1.165) is 16.9 Å². The number of para-hydroxylation sites is 1. The second-order valence-electron chi connectivity index (χ2n) is 5.88. The van der Waals surface area contributed by atoms with Gasteiger partial charge in [0.2, 0.25) is 0 Å². The van der Waals surface area contributed by atoms with Gasteiger partial charge in [-0.3, -0.25) is 4.79 Å². The van der Waals surface area contributed by atoms with E-state index < -0.39 is 0 Å². The topological polar surface area (TPSA) is 59.8 Å². The van der Waals surface area contributed by atoms with E-state index >= 15 is 0 Å². The Kier molecular flexibility index (Phi) is 4.42. The summed E-state index contributed by atoms with van der Waals surface area (Å²) in [4.78, 5) is 12.5. The summed E-state index contributed by atoms with van der Waals surface area (Å²) in [6.45, 7) is 5.84. The van der Waals surface area contributed by atoms with Gasteiger partial charge < -0.3 is 5.32 Å². The molecule has 0 aliphatic heterocycles. The van der Waals surface area contributed by atoms with Gasteiger partial charge in [-0.1, -0.05) is 53.2 Å². The van der Waals surface area contributed by atoms with E-state index in [9.17, 15) is 4.79 Å². The van der Waals surface area contributed by atoms with Crippen LogP contribution in [-0.4, -0.2) is 20.9 Å². The highest BCUT2D eigenvalue weighted by molar-refractivity contribution is 5.93. The van der Waals surface area contributed by atoms with Crippen LogP contribution in [0.3, 0.4) is 0 Å². The van der Waals surface area contributed by atoms with Crippen LogP contribution in [-0.2, 0) is 0 Å². The fourth-order valence-corrected chi connectivity index (χ4v) is 2.56. The van der Waals surface area contributed by atoms with Crippen LogP contribution in [0.15, 0.2) is 54.6 Å². The van der Waals surface area contributed by atoms with Crippen molar-refractivity contribution in [1.82, 2.24) is 20.3 Å². The molecule has 0 fully saturated rings. The molecular formula is C19H20N4O. The Labute approximate surface area is 141 Å². The molecule has 5 nitrogen and oxygen atoms in total. The molecule has 0 aliphatic rings. The molecule has 2 aromatic carbocycles. The van der Waals surface area contributed by atoms with Crippen LogP contribution < -0.4 is 5.32 Å². The largest absolute Gasteiger partial charge is 0.344 e. The number of hydrogen-bond acceptors (Lipinski definition) is 3. The maximum Gasteiger partial charge on any atom is 0.274 e. The summed E-state index contributed by atoms with van der Waals surface area (Å²) in [5.74, 6) is -0.220. The number of aromatic nitrogens is 3. The maximum atomic E-state index is 12.5. The number of benzene rings is 2. The summed E-state index contributed by atoms with van der Waals surface area (Å²) in [5, 5.41) is 11.1. The van der Waals surface area contributed by atoms with Gasteiger partial charge in [-0.15, -0.1) is 5.10 Å². The van der Waals surface area contributed by atoms with E-state index in [4.69, 9.17) is 0 Å². The maximum absolute atomic E-state index is 12.5. The number of amides is 1. The normalized spacial score (nSPS) is 12.0. The minimum Gasteiger partial charge on any atom is -0.344 e. The molecule has 1 heterocycles. The summed E-state index contributed by atoms with van der Waals surface area (Å²) in [6, 6.07) is 17.7. The molecular weight excluding hydrogens is 300 g/mol. The van der Waals surface area contributed by atoms with Crippen LogP contribution in [0.25, 0.3) is 5.69 Å². The zero-order valence-corrected chi connectivity index (χ0v) is 14.0. The van der Waals surface area contributed by atoms with Crippen molar-refractivity contribution in [3.63, 3.8) is 0 Å². The molecule has 0 aliphatic carbocycles. The van der Waals surface area contributed by atoms with Crippen molar-refractivity contribution in [2.45, 2.75) is 26.8 Å². The number of aryl methyl sites for hydroxylation is 1. The van der Waals surface area contributed by atoms with Gasteiger partial charge in [0.1, 0.15) is 0 Å². The molecule has 0 radical (unpaired) electrons. The second kappa shape index (κ2) is 6.66. The quantitative estimate of drug-likeness (QED) is 0.802. The van der Waals surface area contributed by atoms with Gasteiger partial charge in [0.25, 0.3) is 5.91 Å². The molecule has 1 atom stereocenters. The van der Waals surface area contributed by atoms with Crippen molar-refractivity contribution in [2.24, 2.45) is 0 Å². The van der Waals surface area contributed by atoms with Crippen molar-refractivity contribution in [1.29, 1.82) is 0 Å². The summed E-state index contributed by atoms with van der Waals surface area (Å²) in [5.41, 5.74) is 4.20. The first-order valence-electron chi connectivity index (χ1n) is 7.91. The predicted octanol–water partition coefficient (Wildman–Crippen LogP) is 3.38. The van der Waals surface area contributed by atoms with Gasteiger partial charge in [0, 0.05) is 0 Å². The smallest absolute Gasteiger partial charge is 0.274 e. The van der Waals surface area contributed by atoms with Gasteiger partial charge in [-0.25, -0.2) is 4.68 Å². The van der Waals surface area contributed by atoms with Gasteiger partial charge in [-0.2, -0.15) is 0 Å². The third-order valence-electron chi connectivity index (χ3n) is 4.04. The van der Waals surface area contributed by atoms with Crippen LogP contribution >= 0.6 is 0 Å². The molecule has 0 unspecified atom stereocenters. The van der Waals surface area contributed by atoms with Crippen LogP contribution in [0.5, 0.6) is 0 Å². The Morgan fingerprint density at radius 2 is 1.71 bits per heavy atom. The number of hydrogen-bond donors (Lipinski definition) is 1. The van der Waals surface area contributed by atoms with Gasteiger partial charge >= 0.3 is 0 Å². The second-order valence-corrected chi connectivity index (χ2v) is 5.88. The van der Waals surface area contributed by atoms with E-state index in [2.05, 4.69) is 15.6 Å². The average molecular weight is 320 g/mol. The van der Waals surface area contributed by atoms with Gasteiger partial charge in [0.05, 0.1) is 17.4 Å². The van der Waals surface area contributed by atoms with E-state index in [1.165, 1.54) is 5.56 Å². The Hall–Kier alpha value is -2.95. The van der Waals surface area contributed by atoms with Crippen LogP contribution in [0.4, 0.5) is 0 Å². The molecule has 0 saturated carbocycles. The Morgan fingerprint density at radius 3 is 2.38 bits per heavy atom. The number of nitrogens with zero attached hydrogens (tertiary/aromatic N) is 3. The van der Waals surface area contributed by atoms with Crippen molar-refractivity contribution < 1.29 is 4.79 Å². The number of carbonyl (C=O) groups excluding carboxylic acids is 1. The highest BCUT2D eigenvalue weighted by Crippen LogP contribution is 2.16. The van der Waals surface area contributed by atoms with Crippen molar-refractivity contribution in [2.75, 3.05) is 0 Å². The Bertz CT molecular complexity index is 838. The molecule has 5 heteroatoms. The summed E-state index contributed by atoms with van der Waals surface area (Å²) in [7, 11) is 0. The fourth-order valence-electron chi connectivity index (χ4n) is 2.56. The third-order valence-corrected chi connectivity index (χ3v) is 4.04. The molecule has 0 spiro atoms. The highest BCUT2D eigenvalue weighted by Gasteiger charge is 2.19. The molecule has 1 amide bonds. The van der Waals surface area contributed by atoms with Crippen LogP contribution in [0, 0.1) is 13.8 Å². The fraction of sp³-hybridized carbons (Fsp3) is 0.211. The van der Waals surface area contributed by atoms with Crippen molar-refractivity contribution >= 4 is 5.91 Å². The molecule has 0 bridgehead atoms. The summed E-state index contributed by atoms with van der Waals surface area (Å²) in [6.07, 6.45) is 0. The zero-order chi connectivity index (χ0) is 17.1. The first-order valence-corrected chi connectivity index (χ1v) is 7.91. The molecule has 3 aromatic rings. The van der Waals surface area contributed by atoms with E-state index in [1.54, 1.807) is 4.68 Å². The lowest BCUT2D eigenvalue weighted by molar-refractivity contribution is 0.0934. The van der Waals surface area contributed by atoms with E-state index in [0.29, 0.717) is 5.69 Å². The van der Waals surface area contributed by atoms with Gasteiger partial charge in [-0.05, 0) is 38.5 Å². The van der Waals surface area contributed by atoms with Crippen molar-refractivity contribution in [3.8, 4) is 5.69 Å². The Morgan fingerprint density at radius 1 is 1.04 bits per heavy atom. The first kappa shape index (κ1) is 15.9. The third kappa shape index (κ3) is 3.20. The molecule has 0 saturated heterocycles. The monoisotopic (exact) mass is 320 g/mol. The van der Waals surface area contributed by atoms with Crippen LogP contribution in [0.2, 0.25) is 0 Å². The molecule has 1 aromatic heterocycles.